The molecule has 110 valence electrons. The summed E-state index contributed by atoms with van der Waals surface area (Å²) < 4.78 is 1.58. The van der Waals surface area contributed by atoms with Crippen molar-refractivity contribution in [2.45, 2.75) is 11.3 Å². The summed E-state index contributed by atoms with van der Waals surface area (Å²) in [7, 11) is 0. The fourth-order valence-electron chi connectivity index (χ4n) is 1.33. The zero-order valence-electron chi connectivity index (χ0n) is 10.9. The SMILES string of the molecule is CC(=O)Nc1nnc(SCC(=O)Nc2ccc(Br)cc2)s1. The Kier molecular flexibility index (Phi) is 5.71. The molecule has 2 rings (SSSR count). The maximum atomic E-state index is 11.8. The largest absolute Gasteiger partial charge is 0.325 e. The third-order valence-electron chi connectivity index (χ3n) is 2.14. The summed E-state index contributed by atoms with van der Waals surface area (Å²) >= 11 is 5.84. The normalized spacial score (nSPS) is 10.2. The van der Waals surface area contributed by atoms with Crippen LogP contribution in [0.4, 0.5) is 10.8 Å². The number of amides is 2. The van der Waals surface area contributed by atoms with Crippen molar-refractivity contribution in [3.8, 4) is 0 Å². The van der Waals surface area contributed by atoms with E-state index in [2.05, 4.69) is 36.8 Å². The molecule has 1 heterocycles. The summed E-state index contributed by atoms with van der Waals surface area (Å²) in [6.45, 7) is 1.40. The van der Waals surface area contributed by atoms with Crippen molar-refractivity contribution in [1.82, 2.24) is 10.2 Å². The number of carbonyl (C=O) groups excluding carboxylic acids is 2. The summed E-state index contributed by atoms with van der Waals surface area (Å²) in [6.07, 6.45) is 0. The number of rotatable bonds is 5. The average Bonchev–Trinajstić information content (AvgIpc) is 2.86. The van der Waals surface area contributed by atoms with Gasteiger partial charge in [0.25, 0.3) is 0 Å². The molecule has 21 heavy (non-hydrogen) atoms. The van der Waals surface area contributed by atoms with Gasteiger partial charge in [-0.2, -0.15) is 0 Å². The third kappa shape index (κ3) is 5.44. The lowest BCUT2D eigenvalue weighted by molar-refractivity contribution is -0.114. The molecule has 0 saturated carbocycles. The first-order valence-corrected chi connectivity index (χ1v) is 8.42. The van der Waals surface area contributed by atoms with Crippen LogP contribution in [0.5, 0.6) is 0 Å². The Morgan fingerprint density at radius 1 is 1.24 bits per heavy atom. The Balaban J connectivity index is 1.82. The van der Waals surface area contributed by atoms with Crippen molar-refractivity contribution in [3.63, 3.8) is 0 Å². The highest BCUT2D eigenvalue weighted by Gasteiger charge is 2.09. The van der Waals surface area contributed by atoms with Crippen LogP contribution >= 0.6 is 39.0 Å². The number of aromatic nitrogens is 2. The predicted octanol–water partition coefficient (Wildman–Crippen LogP) is 2.99. The first kappa shape index (κ1) is 15.9. The van der Waals surface area contributed by atoms with E-state index in [1.54, 1.807) is 0 Å². The highest BCUT2D eigenvalue weighted by Crippen LogP contribution is 2.25. The molecule has 1 aromatic carbocycles. The molecule has 0 aliphatic heterocycles. The molecule has 6 nitrogen and oxygen atoms in total. The van der Waals surface area contributed by atoms with Crippen LogP contribution in [0, 0.1) is 0 Å². The predicted molar refractivity (Wildman–Crippen MR) is 87.7 cm³/mol. The molecule has 2 N–H and O–H groups in total. The van der Waals surface area contributed by atoms with Gasteiger partial charge < -0.3 is 10.6 Å². The van der Waals surface area contributed by atoms with Crippen LogP contribution in [0.3, 0.4) is 0 Å². The lowest BCUT2D eigenvalue weighted by Gasteiger charge is -2.03. The molecule has 9 heteroatoms. The number of benzene rings is 1. The van der Waals surface area contributed by atoms with Gasteiger partial charge in [0, 0.05) is 17.1 Å². The lowest BCUT2D eigenvalue weighted by atomic mass is 10.3. The van der Waals surface area contributed by atoms with Crippen molar-refractivity contribution >= 4 is 61.7 Å². The number of halogens is 1. The second kappa shape index (κ2) is 7.53. The molecule has 1 aromatic heterocycles. The van der Waals surface area contributed by atoms with Gasteiger partial charge in [-0.25, -0.2) is 0 Å². The molecule has 2 amide bonds. The summed E-state index contributed by atoms with van der Waals surface area (Å²) in [5.74, 6) is -0.0978. The third-order valence-corrected chi connectivity index (χ3v) is 4.64. The molecule has 0 fully saturated rings. The van der Waals surface area contributed by atoms with Gasteiger partial charge in [-0.1, -0.05) is 39.0 Å². The number of anilines is 2. The second-order valence-electron chi connectivity index (χ2n) is 3.90. The van der Waals surface area contributed by atoms with Gasteiger partial charge in [-0.3, -0.25) is 9.59 Å². The van der Waals surface area contributed by atoms with Gasteiger partial charge in [0.1, 0.15) is 0 Å². The van der Waals surface area contributed by atoms with E-state index in [4.69, 9.17) is 0 Å². The molecule has 0 aliphatic rings. The Morgan fingerprint density at radius 3 is 2.62 bits per heavy atom. The van der Waals surface area contributed by atoms with E-state index in [1.165, 1.54) is 30.0 Å². The van der Waals surface area contributed by atoms with Gasteiger partial charge in [-0.05, 0) is 24.3 Å². The van der Waals surface area contributed by atoms with Crippen LogP contribution in [0.2, 0.25) is 0 Å². The monoisotopic (exact) mass is 386 g/mol. The minimum atomic E-state index is -0.198. The number of hydrogen-bond acceptors (Lipinski definition) is 6. The van der Waals surface area contributed by atoms with E-state index in [-0.39, 0.29) is 17.6 Å². The van der Waals surface area contributed by atoms with Crippen molar-refractivity contribution in [2.75, 3.05) is 16.4 Å². The smallest absolute Gasteiger partial charge is 0.234 e. The topological polar surface area (TPSA) is 84.0 Å². The molecule has 0 spiro atoms. The quantitative estimate of drug-likeness (QED) is 0.609. The van der Waals surface area contributed by atoms with E-state index in [0.717, 1.165) is 10.2 Å². The van der Waals surface area contributed by atoms with E-state index in [9.17, 15) is 9.59 Å². The first-order chi connectivity index (χ1) is 10.0. The standard InChI is InChI=1S/C12H11BrN4O2S2/c1-7(18)14-11-16-17-12(21-11)20-6-10(19)15-9-4-2-8(13)3-5-9/h2-5H,6H2,1H3,(H,15,19)(H,14,16,18). The molecule has 0 aliphatic carbocycles. The molecular formula is C12H11BrN4O2S2. The molecule has 2 aromatic rings. The minimum Gasteiger partial charge on any atom is -0.325 e. The number of nitrogens with one attached hydrogen (secondary N) is 2. The van der Waals surface area contributed by atoms with Gasteiger partial charge in [0.2, 0.25) is 16.9 Å². The molecule has 0 unspecified atom stereocenters. The van der Waals surface area contributed by atoms with Crippen LogP contribution in [0.25, 0.3) is 0 Å². The fraction of sp³-hybridized carbons (Fsp3) is 0.167. The minimum absolute atomic E-state index is 0.126. The molecule has 0 bridgehead atoms. The second-order valence-corrected chi connectivity index (χ2v) is 7.01. The molecular weight excluding hydrogens is 376 g/mol. The zero-order valence-corrected chi connectivity index (χ0v) is 14.1. The van der Waals surface area contributed by atoms with Crippen molar-refractivity contribution in [3.05, 3.63) is 28.7 Å². The Labute approximate surface area is 137 Å². The summed E-state index contributed by atoms with van der Waals surface area (Å²) in [5.41, 5.74) is 0.736. The van der Waals surface area contributed by atoms with Crippen LogP contribution < -0.4 is 10.6 Å². The van der Waals surface area contributed by atoms with Crippen molar-refractivity contribution < 1.29 is 9.59 Å². The Morgan fingerprint density at radius 2 is 1.95 bits per heavy atom. The van der Waals surface area contributed by atoms with Crippen molar-refractivity contribution in [1.29, 1.82) is 0 Å². The summed E-state index contributed by atoms with van der Waals surface area (Å²) in [5, 5.41) is 13.5. The van der Waals surface area contributed by atoms with Gasteiger partial charge in [-0.15, -0.1) is 10.2 Å². The fourth-order valence-corrected chi connectivity index (χ4v) is 3.19. The molecule has 0 atom stereocenters. The molecule has 0 saturated heterocycles. The Hall–Kier alpha value is -1.45. The first-order valence-electron chi connectivity index (χ1n) is 5.82. The number of thioether (sulfide) groups is 1. The number of carbonyl (C=O) groups is 2. The van der Waals surface area contributed by atoms with Crippen molar-refractivity contribution in [2.24, 2.45) is 0 Å². The van der Waals surface area contributed by atoms with Crippen LogP contribution in [0.1, 0.15) is 6.92 Å². The van der Waals surface area contributed by atoms with E-state index in [1.807, 2.05) is 24.3 Å². The summed E-state index contributed by atoms with van der Waals surface area (Å²) in [4.78, 5) is 22.7. The van der Waals surface area contributed by atoms with Crippen LogP contribution in [-0.2, 0) is 9.59 Å². The number of nitrogens with zero attached hydrogens (tertiary/aromatic N) is 2. The van der Waals surface area contributed by atoms with Crippen LogP contribution in [-0.4, -0.2) is 27.8 Å². The van der Waals surface area contributed by atoms with E-state index < -0.39 is 0 Å². The van der Waals surface area contributed by atoms with E-state index in [0.29, 0.717) is 9.47 Å². The highest BCUT2D eigenvalue weighted by atomic mass is 79.9. The maximum Gasteiger partial charge on any atom is 0.234 e. The lowest BCUT2D eigenvalue weighted by Crippen LogP contribution is -2.13. The molecule has 0 radical (unpaired) electrons. The maximum absolute atomic E-state index is 11.8. The summed E-state index contributed by atoms with van der Waals surface area (Å²) in [6, 6.07) is 7.33. The van der Waals surface area contributed by atoms with Gasteiger partial charge in [0.05, 0.1) is 5.75 Å². The Bertz CT molecular complexity index is 645. The highest BCUT2D eigenvalue weighted by molar-refractivity contribution is 9.10. The average molecular weight is 387 g/mol. The van der Waals surface area contributed by atoms with Crippen LogP contribution in [0.15, 0.2) is 33.1 Å². The van der Waals surface area contributed by atoms with Gasteiger partial charge in [0.15, 0.2) is 4.34 Å². The van der Waals surface area contributed by atoms with Gasteiger partial charge >= 0.3 is 0 Å². The zero-order chi connectivity index (χ0) is 15.2. The van der Waals surface area contributed by atoms with E-state index >= 15 is 0 Å². The number of hydrogen-bond donors (Lipinski definition) is 2.